The summed E-state index contributed by atoms with van der Waals surface area (Å²) in [5.74, 6) is 0.447. The minimum absolute atomic E-state index is 0.0804. The van der Waals surface area contributed by atoms with Crippen LogP contribution in [-0.4, -0.2) is 19.9 Å². The molecule has 1 atom stereocenters. The lowest BCUT2D eigenvalue weighted by Crippen LogP contribution is -2.14. The second-order valence-corrected chi connectivity index (χ2v) is 8.06. The zero-order valence-electron chi connectivity index (χ0n) is 11.0. The molecule has 0 aliphatic carbocycles. The average molecular weight is 297 g/mol. The van der Waals surface area contributed by atoms with Crippen LogP contribution in [0, 0.1) is 0 Å². The maximum absolute atomic E-state index is 11.4. The topological polar surface area (TPSA) is 60.2 Å². The predicted molar refractivity (Wildman–Crippen MR) is 82.3 cm³/mol. The van der Waals surface area contributed by atoms with Crippen molar-refractivity contribution in [3.63, 3.8) is 0 Å². The highest BCUT2D eigenvalue weighted by Gasteiger charge is 2.13. The Morgan fingerprint density at radius 3 is 2.79 bits per heavy atom. The van der Waals surface area contributed by atoms with E-state index in [-0.39, 0.29) is 17.5 Å². The molecule has 19 heavy (non-hydrogen) atoms. The zero-order chi connectivity index (χ0) is 13.9. The van der Waals surface area contributed by atoms with Crippen LogP contribution >= 0.6 is 11.3 Å². The molecule has 1 aromatic carbocycles. The van der Waals surface area contributed by atoms with Crippen molar-refractivity contribution in [1.29, 1.82) is 0 Å². The zero-order valence-corrected chi connectivity index (χ0v) is 12.6. The van der Waals surface area contributed by atoms with Gasteiger partial charge >= 0.3 is 0 Å². The van der Waals surface area contributed by atoms with Crippen molar-refractivity contribution in [2.24, 2.45) is 5.73 Å². The Morgan fingerprint density at radius 1 is 1.32 bits per heavy atom. The van der Waals surface area contributed by atoms with Crippen molar-refractivity contribution < 1.29 is 8.42 Å². The third-order valence-electron chi connectivity index (χ3n) is 3.32. The van der Waals surface area contributed by atoms with E-state index in [0.29, 0.717) is 12.8 Å². The summed E-state index contributed by atoms with van der Waals surface area (Å²) < 4.78 is 24.1. The highest BCUT2D eigenvalue weighted by Crippen LogP contribution is 2.30. The molecule has 1 heterocycles. The van der Waals surface area contributed by atoms with Gasteiger partial charge in [-0.25, -0.2) is 8.42 Å². The number of rotatable bonds is 6. The van der Waals surface area contributed by atoms with Crippen LogP contribution in [-0.2, 0) is 9.84 Å². The summed E-state index contributed by atoms with van der Waals surface area (Å²) in [6.45, 7) is 1.68. The van der Waals surface area contributed by atoms with Gasteiger partial charge in [0.05, 0.1) is 5.75 Å². The summed E-state index contributed by atoms with van der Waals surface area (Å²) >= 11 is 1.69. The smallest absolute Gasteiger partial charge is 0.150 e. The molecule has 2 aromatic rings. The minimum atomic E-state index is -2.88. The van der Waals surface area contributed by atoms with Crippen molar-refractivity contribution in [3.05, 3.63) is 35.2 Å². The van der Waals surface area contributed by atoms with Crippen LogP contribution in [0.3, 0.4) is 0 Å². The minimum Gasteiger partial charge on any atom is -0.324 e. The first kappa shape index (κ1) is 14.5. The molecule has 0 aliphatic rings. The number of sulfone groups is 1. The average Bonchev–Trinajstić information content (AvgIpc) is 2.82. The Morgan fingerprint density at radius 2 is 2.05 bits per heavy atom. The van der Waals surface area contributed by atoms with E-state index >= 15 is 0 Å². The van der Waals surface area contributed by atoms with Gasteiger partial charge in [-0.3, -0.25) is 0 Å². The van der Waals surface area contributed by atoms with Gasteiger partial charge in [0.2, 0.25) is 0 Å². The van der Waals surface area contributed by atoms with Gasteiger partial charge in [-0.1, -0.05) is 25.1 Å². The Labute approximate surface area is 118 Å². The molecular weight excluding hydrogens is 278 g/mol. The normalized spacial score (nSPS) is 13.8. The summed E-state index contributed by atoms with van der Waals surface area (Å²) in [6, 6.07) is 8.10. The molecule has 0 bridgehead atoms. The summed E-state index contributed by atoms with van der Waals surface area (Å²) in [4.78, 5) is 0. The van der Waals surface area contributed by atoms with Crippen LogP contribution in [0.5, 0.6) is 0 Å². The molecular formula is C14H19NO2S2. The van der Waals surface area contributed by atoms with E-state index in [1.54, 1.807) is 18.3 Å². The Kier molecular flexibility index (Phi) is 4.60. The second-order valence-electron chi connectivity index (χ2n) is 4.67. The summed E-state index contributed by atoms with van der Waals surface area (Å²) in [6.07, 6.45) is 1.33. The number of benzene rings is 1. The summed E-state index contributed by atoms with van der Waals surface area (Å²) in [5.41, 5.74) is 7.32. The number of fused-ring (bicyclic) bond motifs is 1. The Balaban J connectivity index is 2.02. The van der Waals surface area contributed by atoms with Gasteiger partial charge in [0, 0.05) is 16.5 Å². The van der Waals surface area contributed by atoms with Gasteiger partial charge in [-0.2, -0.15) is 0 Å². The quantitative estimate of drug-likeness (QED) is 0.891. The maximum Gasteiger partial charge on any atom is 0.150 e. The molecule has 0 saturated heterocycles. The lowest BCUT2D eigenvalue weighted by Gasteiger charge is -2.10. The molecule has 0 fully saturated rings. The van der Waals surface area contributed by atoms with E-state index < -0.39 is 9.84 Å². The van der Waals surface area contributed by atoms with E-state index in [4.69, 9.17) is 5.73 Å². The molecule has 0 radical (unpaired) electrons. The van der Waals surface area contributed by atoms with Crippen molar-refractivity contribution in [2.45, 2.75) is 25.8 Å². The van der Waals surface area contributed by atoms with Crippen LogP contribution in [0.2, 0.25) is 0 Å². The van der Waals surface area contributed by atoms with Crippen LogP contribution in [0.4, 0.5) is 0 Å². The molecule has 2 rings (SSSR count). The van der Waals surface area contributed by atoms with Gasteiger partial charge in [-0.05, 0) is 35.2 Å². The molecule has 0 amide bonds. The predicted octanol–water partition coefficient (Wildman–Crippen LogP) is 3.12. The third-order valence-corrected chi connectivity index (χ3v) is 6.09. The van der Waals surface area contributed by atoms with E-state index in [0.717, 1.165) is 5.56 Å². The largest absolute Gasteiger partial charge is 0.324 e. The van der Waals surface area contributed by atoms with Gasteiger partial charge in [0.25, 0.3) is 0 Å². The molecule has 2 N–H and O–H groups in total. The van der Waals surface area contributed by atoms with E-state index in [9.17, 15) is 8.42 Å². The fraction of sp³-hybridized carbons (Fsp3) is 0.429. The molecule has 104 valence electrons. The van der Waals surface area contributed by atoms with Gasteiger partial charge in [0.15, 0.2) is 0 Å². The second kappa shape index (κ2) is 6.03. The van der Waals surface area contributed by atoms with Crippen molar-refractivity contribution >= 4 is 31.3 Å². The van der Waals surface area contributed by atoms with Crippen LogP contribution in [0.1, 0.15) is 31.4 Å². The molecule has 1 aromatic heterocycles. The first-order valence-corrected chi connectivity index (χ1v) is 9.15. The number of thiophene rings is 1. The van der Waals surface area contributed by atoms with Gasteiger partial charge in [0.1, 0.15) is 9.84 Å². The number of nitrogens with two attached hydrogens (primary N) is 1. The van der Waals surface area contributed by atoms with Crippen molar-refractivity contribution in [2.75, 3.05) is 11.5 Å². The van der Waals surface area contributed by atoms with E-state index in [2.05, 4.69) is 17.5 Å². The lowest BCUT2D eigenvalue weighted by molar-refractivity contribution is 0.584. The lowest BCUT2D eigenvalue weighted by atomic mass is 10.0. The molecule has 0 aliphatic heterocycles. The van der Waals surface area contributed by atoms with E-state index in [1.807, 2.05) is 12.1 Å². The highest BCUT2D eigenvalue weighted by atomic mass is 32.2. The van der Waals surface area contributed by atoms with Crippen LogP contribution in [0.25, 0.3) is 10.1 Å². The SMILES string of the molecule is CCS(=O)(=O)CCCC(N)c1csc2ccccc12. The molecule has 5 heteroatoms. The molecule has 1 unspecified atom stereocenters. The number of hydrogen-bond donors (Lipinski definition) is 1. The van der Waals surface area contributed by atoms with Gasteiger partial charge in [-0.15, -0.1) is 11.3 Å². The standard InChI is InChI=1S/C14H19NO2S2/c1-2-19(16,17)9-5-7-13(15)12-10-18-14-8-4-3-6-11(12)14/h3-4,6,8,10,13H,2,5,7,9,15H2,1H3. The molecule has 0 saturated carbocycles. The first-order chi connectivity index (χ1) is 9.03. The Bertz CT molecular complexity index is 646. The number of hydrogen-bond acceptors (Lipinski definition) is 4. The van der Waals surface area contributed by atoms with Crippen molar-refractivity contribution in [3.8, 4) is 0 Å². The molecule has 0 spiro atoms. The van der Waals surface area contributed by atoms with Crippen LogP contribution in [0.15, 0.2) is 29.6 Å². The maximum atomic E-state index is 11.4. The van der Waals surface area contributed by atoms with Crippen LogP contribution < -0.4 is 5.73 Å². The Hall–Kier alpha value is -0.910. The van der Waals surface area contributed by atoms with Gasteiger partial charge < -0.3 is 5.73 Å². The monoisotopic (exact) mass is 297 g/mol. The summed E-state index contributed by atoms with van der Waals surface area (Å²) in [5, 5.41) is 3.28. The van der Waals surface area contributed by atoms with E-state index in [1.165, 1.54) is 10.1 Å². The fourth-order valence-corrected chi connectivity index (χ4v) is 4.03. The molecule has 3 nitrogen and oxygen atoms in total. The first-order valence-electron chi connectivity index (χ1n) is 6.45. The van der Waals surface area contributed by atoms with Crippen molar-refractivity contribution in [1.82, 2.24) is 0 Å². The highest BCUT2D eigenvalue weighted by molar-refractivity contribution is 7.91. The summed E-state index contributed by atoms with van der Waals surface area (Å²) in [7, 11) is -2.88. The third kappa shape index (κ3) is 3.55. The fourth-order valence-electron chi connectivity index (χ4n) is 2.11.